The molecule has 0 spiro atoms. The topological polar surface area (TPSA) is 56.1 Å². The minimum atomic E-state index is -0.0658. The average molecular weight is 195 g/mol. The normalized spacial score (nSPS) is 16.4. The minimum absolute atomic E-state index is 0.0658. The van der Waals surface area contributed by atoms with Crippen molar-refractivity contribution in [2.24, 2.45) is 7.05 Å². The first-order valence-electron chi connectivity index (χ1n) is 4.55. The standard InChI is InChI=1S/C9H13N3O2/c1-6-8(3-10-12(6)2)9(13)11-7-4-14-5-7/h3,7H,4-5H2,1-2H3,(H,11,13). The lowest BCUT2D eigenvalue weighted by molar-refractivity contribution is -0.00347. The minimum Gasteiger partial charge on any atom is -0.377 e. The molecule has 1 aromatic heterocycles. The van der Waals surface area contributed by atoms with Gasteiger partial charge in [0.1, 0.15) is 0 Å². The van der Waals surface area contributed by atoms with Gasteiger partial charge in [-0.15, -0.1) is 0 Å². The van der Waals surface area contributed by atoms with E-state index in [1.165, 1.54) is 0 Å². The molecule has 1 N–H and O–H groups in total. The van der Waals surface area contributed by atoms with E-state index in [0.29, 0.717) is 18.8 Å². The largest absolute Gasteiger partial charge is 0.377 e. The summed E-state index contributed by atoms with van der Waals surface area (Å²) in [6, 6.07) is 0.169. The summed E-state index contributed by atoms with van der Waals surface area (Å²) in [6.07, 6.45) is 1.59. The number of hydrogen-bond donors (Lipinski definition) is 1. The molecule has 0 aliphatic carbocycles. The third kappa shape index (κ3) is 1.50. The molecule has 1 amide bonds. The van der Waals surface area contributed by atoms with Crippen LogP contribution in [-0.2, 0) is 11.8 Å². The highest BCUT2D eigenvalue weighted by atomic mass is 16.5. The third-order valence-electron chi connectivity index (χ3n) is 2.45. The summed E-state index contributed by atoms with van der Waals surface area (Å²) in [6.45, 7) is 3.11. The predicted octanol–water partition coefficient (Wildman–Crippen LogP) is -0.143. The van der Waals surface area contributed by atoms with Gasteiger partial charge in [-0.1, -0.05) is 0 Å². The number of nitrogens with zero attached hydrogens (tertiary/aromatic N) is 2. The zero-order chi connectivity index (χ0) is 10.1. The molecule has 1 aliphatic heterocycles. The van der Waals surface area contributed by atoms with Crippen LogP contribution in [0.5, 0.6) is 0 Å². The van der Waals surface area contributed by atoms with E-state index >= 15 is 0 Å². The van der Waals surface area contributed by atoms with Crippen LogP contribution in [0.1, 0.15) is 16.1 Å². The number of hydrogen-bond acceptors (Lipinski definition) is 3. The Kier molecular flexibility index (Phi) is 2.25. The third-order valence-corrected chi connectivity index (χ3v) is 2.45. The van der Waals surface area contributed by atoms with Gasteiger partial charge in [0.2, 0.25) is 0 Å². The summed E-state index contributed by atoms with van der Waals surface area (Å²) in [7, 11) is 1.82. The molecular weight excluding hydrogens is 182 g/mol. The molecule has 1 fully saturated rings. The molecule has 0 unspecified atom stereocenters. The number of ether oxygens (including phenoxy) is 1. The maximum atomic E-state index is 11.7. The SMILES string of the molecule is Cc1c(C(=O)NC2COC2)cnn1C. The van der Waals surface area contributed by atoms with Gasteiger partial charge in [0.25, 0.3) is 5.91 Å². The molecular formula is C9H13N3O2. The Bertz CT molecular complexity index is 355. The van der Waals surface area contributed by atoms with Crippen molar-refractivity contribution in [1.29, 1.82) is 0 Å². The number of aryl methyl sites for hydroxylation is 1. The first-order chi connectivity index (χ1) is 6.68. The smallest absolute Gasteiger partial charge is 0.255 e. The molecule has 1 aromatic rings. The first kappa shape index (κ1) is 9.21. The van der Waals surface area contributed by atoms with Gasteiger partial charge < -0.3 is 10.1 Å². The second-order valence-electron chi connectivity index (χ2n) is 3.48. The molecule has 0 aromatic carbocycles. The van der Waals surface area contributed by atoms with E-state index in [0.717, 1.165) is 5.69 Å². The molecule has 0 saturated carbocycles. The van der Waals surface area contributed by atoms with E-state index in [1.54, 1.807) is 10.9 Å². The Morgan fingerprint density at radius 2 is 2.43 bits per heavy atom. The highest BCUT2D eigenvalue weighted by Gasteiger charge is 2.22. The molecule has 2 rings (SSSR count). The number of nitrogens with one attached hydrogen (secondary N) is 1. The highest BCUT2D eigenvalue weighted by Crippen LogP contribution is 2.07. The van der Waals surface area contributed by atoms with Gasteiger partial charge in [0, 0.05) is 12.7 Å². The zero-order valence-electron chi connectivity index (χ0n) is 8.28. The molecule has 76 valence electrons. The Balaban J connectivity index is 2.06. The first-order valence-corrected chi connectivity index (χ1v) is 4.55. The van der Waals surface area contributed by atoms with E-state index in [4.69, 9.17) is 4.74 Å². The van der Waals surface area contributed by atoms with Crippen LogP contribution >= 0.6 is 0 Å². The van der Waals surface area contributed by atoms with Gasteiger partial charge in [-0.25, -0.2) is 0 Å². The Hall–Kier alpha value is -1.36. The quantitative estimate of drug-likeness (QED) is 0.714. The molecule has 5 heteroatoms. The molecule has 0 atom stereocenters. The summed E-state index contributed by atoms with van der Waals surface area (Å²) >= 11 is 0. The predicted molar refractivity (Wildman–Crippen MR) is 50.0 cm³/mol. The van der Waals surface area contributed by atoms with Crippen LogP contribution in [0.2, 0.25) is 0 Å². The van der Waals surface area contributed by atoms with Crippen molar-refractivity contribution in [3.8, 4) is 0 Å². The number of carbonyl (C=O) groups is 1. The zero-order valence-corrected chi connectivity index (χ0v) is 8.28. The van der Waals surface area contributed by atoms with E-state index in [-0.39, 0.29) is 11.9 Å². The summed E-state index contributed by atoms with van der Waals surface area (Å²) in [5.74, 6) is -0.0658. The van der Waals surface area contributed by atoms with E-state index in [9.17, 15) is 4.79 Å². The highest BCUT2D eigenvalue weighted by molar-refractivity contribution is 5.95. The summed E-state index contributed by atoms with van der Waals surface area (Å²) in [4.78, 5) is 11.7. The van der Waals surface area contributed by atoms with Gasteiger partial charge in [-0.05, 0) is 6.92 Å². The Morgan fingerprint density at radius 3 is 2.86 bits per heavy atom. The van der Waals surface area contributed by atoms with Gasteiger partial charge in [-0.3, -0.25) is 9.48 Å². The van der Waals surface area contributed by atoms with Crippen molar-refractivity contribution < 1.29 is 9.53 Å². The Morgan fingerprint density at radius 1 is 1.71 bits per heavy atom. The molecule has 1 saturated heterocycles. The van der Waals surface area contributed by atoms with Gasteiger partial charge in [0.15, 0.2) is 0 Å². The second-order valence-corrected chi connectivity index (χ2v) is 3.48. The van der Waals surface area contributed by atoms with E-state index < -0.39 is 0 Å². The fourth-order valence-electron chi connectivity index (χ4n) is 1.30. The van der Waals surface area contributed by atoms with Crippen LogP contribution in [0, 0.1) is 6.92 Å². The number of rotatable bonds is 2. The van der Waals surface area contributed by atoms with Crippen LogP contribution in [0.25, 0.3) is 0 Å². The van der Waals surface area contributed by atoms with Crippen LogP contribution in [-0.4, -0.2) is 34.9 Å². The second kappa shape index (κ2) is 3.42. The van der Waals surface area contributed by atoms with E-state index in [1.807, 2.05) is 14.0 Å². The van der Waals surface area contributed by atoms with Crippen molar-refractivity contribution in [2.45, 2.75) is 13.0 Å². The maximum Gasteiger partial charge on any atom is 0.255 e. The van der Waals surface area contributed by atoms with Crippen molar-refractivity contribution in [3.63, 3.8) is 0 Å². The monoisotopic (exact) mass is 195 g/mol. The number of aromatic nitrogens is 2. The molecule has 5 nitrogen and oxygen atoms in total. The van der Waals surface area contributed by atoms with Gasteiger partial charge in [0.05, 0.1) is 31.0 Å². The fourth-order valence-corrected chi connectivity index (χ4v) is 1.30. The van der Waals surface area contributed by atoms with Crippen molar-refractivity contribution >= 4 is 5.91 Å². The summed E-state index contributed by atoms with van der Waals surface area (Å²) in [5.41, 5.74) is 1.52. The van der Waals surface area contributed by atoms with Gasteiger partial charge >= 0.3 is 0 Å². The lowest BCUT2D eigenvalue weighted by Gasteiger charge is -2.26. The fraction of sp³-hybridized carbons (Fsp3) is 0.556. The van der Waals surface area contributed by atoms with Crippen molar-refractivity contribution in [2.75, 3.05) is 13.2 Å². The lowest BCUT2D eigenvalue weighted by atomic mass is 10.2. The number of amides is 1. The van der Waals surface area contributed by atoms with E-state index in [2.05, 4.69) is 10.4 Å². The molecule has 1 aliphatic rings. The Labute approximate surface area is 82.0 Å². The molecule has 14 heavy (non-hydrogen) atoms. The van der Waals surface area contributed by atoms with Crippen molar-refractivity contribution in [3.05, 3.63) is 17.5 Å². The molecule has 2 heterocycles. The average Bonchev–Trinajstić information content (AvgIpc) is 2.41. The summed E-state index contributed by atoms with van der Waals surface area (Å²) in [5, 5.41) is 6.88. The van der Waals surface area contributed by atoms with Crippen molar-refractivity contribution in [1.82, 2.24) is 15.1 Å². The van der Waals surface area contributed by atoms with Crippen LogP contribution in [0.15, 0.2) is 6.20 Å². The van der Waals surface area contributed by atoms with Crippen LogP contribution in [0.3, 0.4) is 0 Å². The lowest BCUT2D eigenvalue weighted by Crippen LogP contribution is -2.48. The molecule has 0 radical (unpaired) electrons. The van der Waals surface area contributed by atoms with Crippen LogP contribution in [0.4, 0.5) is 0 Å². The summed E-state index contributed by atoms with van der Waals surface area (Å²) < 4.78 is 6.66. The van der Waals surface area contributed by atoms with Crippen LogP contribution < -0.4 is 5.32 Å². The maximum absolute atomic E-state index is 11.7. The van der Waals surface area contributed by atoms with Gasteiger partial charge in [-0.2, -0.15) is 5.10 Å². The number of carbonyl (C=O) groups excluding carboxylic acids is 1. The molecule has 0 bridgehead atoms.